The van der Waals surface area contributed by atoms with Gasteiger partial charge in [0.25, 0.3) is 0 Å². The minimum atomic E-state index is 0.0877. The lowest BCUT2D eigenvalue weighted by Gasteiger charge is -2.25. The van der Waals surface area contributed by atoms with Gasteiger partial charge in [-0.3, -0.25) is 0 Å². The molecule has 0 aliphatic rings. The summed E-state index contributed by atoms with van der Waals surface area (Å²) < 4.78 is 0.973. The molecule has 0 bridgehead atoms. The molecule has 0 fully saturated rings. The highest BCUT2D eigenvalue weighted by molar-refractivity contribution is 9.10. The fraction of sp³-hybridized carbons (Fsp3) is 0.538. The van der Waals surface area contributed by atoms with E-state index in [-0.39, 0.29) is 18.7 Å². The summed E-state index contributed by atoms with van der Waals surface area (Å²) in [5.74, 6) is 0.386. The first-order valence-corrected chi connectivity index (χ1v) is 6.94. The normalized spacial score (nSPS) is 15.0. The lowest BCUT2D eigenvalue weighted by molar-refractivity contribution is 0.201. The summed E-state index contributed by atoms with van der Waals surface area (Å²) in [6.45, 7) is 6.36. The molecule has 0 saturated heterocycles. The third-order valence-electron chi connectivity index (χ3n) is 2.89. The third-order valence-corrected chi connectivity index (χ3v) is 3.72. The molecule has 2 N–H and O–H groups in total. The van der Waals surface area contributed by atoms with Crippen LogP contribution in [0.3, 0.4) is 0 Å². The molecule has 1 unspecified atom stereocenters. The smallest absolute Gasteiger partial charge is 0.0587 e. The van der Waals surface area contributed by atoms with E-state index in [0.717, 1.165) is 15.1 Å². The Labute approximate surface area is 117 Å². The SMILES string of the molecule is CC(N[C@H](CO)C(C)C)c1ccc(Br)cc1Cl. The van der Waals surface area contributed by atoms with Crippen LogP contribution in [0.15, 0.2) is 22.7 Å². The molecule has 0 saturated carbocycles. The van der Waals surface area contributed by atoms with Crippen molar-refractivity contribution in [3.63, 3.8) is 0 Å². The first kappa shape index (κ1) is 15.0. The highest BCUT2D eigenvalue weighted by Crippen LogP contribution is 2.26. The molecule has 1 rings (SSSR count). The molecular formula is C13H19BrClNO. The predicted molar refractivity (Wildman–Crippen MR) is 76.4 cm³/mol. The van der Waals surface area contributed by atoms with Crippen LogP contribution >= 0.6 is 27.5 Å². The molecule has 2 nitrogen and oxygen atoms in total. The van der Waals surface area contributed by atoms with Crippen LogP contribution in [0, 0.1) is 5.92 Å². The number of aliphatic hydroxyl groups is 1. The Kier molecular flexibility index (Phi) is 5.93. The van der Waals surface area contributed by atoms with Crippen molar-refractivity contribution in [2.45, 2.75) is 32.9 Å². The number of hydrogen-bond acceptors (Lipinski definition) is 2. The van der Waals surface area contributed by atoms with Gasteiger partial charge in [-0.15, -0.1) is 0 Å². The van der Waals surface area contributed by atoms with Gasteiger partial charge in [-0.25, -0.2) is 0 Å². The number of benzene rings is 1. The fourth-order valence-corrected chi connectivity index (χ4v) is 2.56. The van der Waals surface area contributed by atoms with Gasteiger partial charge in [0.05, 0.1) is 6.61 Å². The number of hydrogen-bond donors (Lipinski definition) is 2. The van der Waals surface area contributed by atoms with Gasteiger partial charge in [-0.1, -0.05) is 47.4 Å². The molecule has 0 radical (unpaired) electrons. The van der Waals surface area contributed by atoms with Crippen LogP contribution < -0.4 is 5.32 Å². The van der Waals surface area contributed by atoms with Crippen LogP contribution in [0.1, 0.15) is 32.4 Å². The van der Waals surface area contributed by atoms with Gasteiger partial charge in [0.1, 0.15) is 0 Å². The van der Waals surface area contributed by atoms with Crippen molar-refractivity contribution in [2.24, 2.45) is 5.92 Å². The van der Waals surface area contributed by atoms with Crippen molar-refractivity contribution < 1.29 is 5.11 Å². The monoisotopic (exact) mass is 319 g/mol. The van der Waals surface area contributed by atoms with Gasteiger partial charge in [0, 0.05) is 21.6 Å². The zero-order valence-electron chi connectivity index (χ0n) is 10.4. The molecule has 0 aliphatic carbocycles. The Balaban J connectivity index is 2.78. The Morgan fingerprint density at radius 3 is 2.47 bits per heavy atom. The van der Waals surface area contributed by atoms with E-state index in [0.29, 0.717) is 5.92 Å². The van der Waals surface area contributed by atoms with E-state index in [2.05, 4.69) is 42.0 Å². The van der Waals surface area contributed by atoms with Gasteiger partial charge < -0.3 is 10.4 Å². The van der Waals surface area contributed by atoms with Crippen molar-refractivity contribution >= 4 is 27.5 Å². The van der Waals surface area contributed by atoms with Gasteiger partial charge in [0.2, 0.25) is 0 Å². The molecule has 1 aromatic carbocycles. The van der Waals surface area contributed by atoms with Crippen LogP contribution in [-0.4, -0.2) is 17.8 Å². The molecule has 96 valence electrons. The Bertz CT molecular complexity index is 370. The zero-order chi connectivity index (χ0) is 13.0. The van der Waals surface area contributed by atoms with Crippen LogP contribution in [0.25, 0.3) is 0 Å². The molecule has 2 atom stereocenters. The minimum Gasteiger partial charge on any atom is -0.395 e. The Morgan fingerprint density at radius 2 is 2.00 bits per heavy atom. The summed E-state index contributed by atoms with van der Waals surface area (Å²) >= 11 is 9.59. The third kappa shape index (κ3) is 4.25. The molecule has 17 heavy (non-hydrogen) atoms. The highest BCUT2D eigenvalue weighted by atomic mass is 79.9. The molecule has 0 heterocycles. The van der Waals surface area contributed by atoms with Crippen molar-refractivity contribution in [1.29, 1.82) is 0 Å². The van der Waals surface area contributed by atoms with Gasteiger partial charge >= 0.3 is 0 Å². The highest BCUT2D eigenvalue weighted by Gasteiger charge is 2.17. The molecule has 1 aromatic rings. The van der Waals surface area contributed by atoms with E-state index in [1.165, 1.54) is 0 Å². The quantitative estimate of drug-likeness (QED) is 0.865. The minimum absolute atomic E-state index is 0.0877. The lowest BCUT2D eigenvalue weighted by Crippen LogP contribution is -2.38. The van der Waals surface area contributed by atoms with Crippen molar-refractivity contribution in [2.75, 3.05) is 6.61 Å². The maximum atomic E-state index is 9.30. The van der Waals surface area contributed by atoms with E-state index >= 15 is 0 Å². The number of aliphatic hydroxyl groups excluding tert-OH is 1. The topological polar surface area (TPSA) is 32.3 Å². The summed E-state index contributed by atoms with van der Waals surface area (Å²) in [5, 5.41) is 13.4. The van der Waals surface area contributed by atoms with Gasteiger partial charge in [-0.2, -0.15) is 0 Å². The molecular weight excluding hydrogens is 302 g/mol. The molecule has 0 aliphatic heterocycles. The maximum Gasteiger partial charge on any atom is 0.0587 e. The van der Waals surface area contributed by atoms with E-state index in [4.69, 9.17) is 11.6 Å². The summed E-state index contributed by atoms with van der Waals surface area (Å²) in [6, 6.07) is 6.07. The Hall–Kier alpha value is -0.0900. The molecule has 0 amide bonds. The first-order valence-electron chi connectivity index (χ1n) is 5.77. The van der Waals surface area contributed by atoms with Crippen LogP contribution in [0.4, 0.5) is 0 Å². The summed E-state index contributed by atoms with van der Waals surface area (Å²) in [4.78, 5) is 0. The van der Waals surface area contributed by atoms with Crippen molar-refractivity contribution in [3.05, 3.63) is 33.3 Å². The molecule has 4 heteroatoms. The van der Waals surface area contributed by atoms with Crippen LogP contribution in [0.5, 0.6) is 0 Å². The van der Waals surface area contributed by atoms with E-state index in [1.54, 1.807) is 0 Å². The standard InChI is InChI=1S/C13H19BrClNO/c1-8(2)13(7-17)16-9(3)11-5-4-10(14)6-12(11)15/h4-6,8-9,13,16-17H,7H2,1-3H3/t9?,13-/m1/s1. The average Bonchev–Trinajstić information content (AvgIpc) is 2.24. The zero-order valence-corrected chi connectivity index (χ0v) is 12.7. The maximum absolute atomic E-state index is 9.30. The second-order valence-corrected chi connectivity index (χ2v) is 5.91. The van der Waals surface area contributed by atoms with Gasteiger partial charge in [-0.05, 0) is 30.5 Å². The fourth-order valence-electron chi connectivity index (χ4n) is 1.72. The average molecular weight is 321 g/mol. The first-order chi connectivity index (χ1) is 7.95. The van der Waals surface area contributed by atoms with Gasteiger partial charge in [0.15, 0.2) is 0 Å². The van der Waals surface area contributed by atoms with Crippen molar-refractivity contribution in [1.82, 2.24) is 5.32 Å². The summed E-state index contributed by atoms with van der Waals surface area (Å²) in [6.07, 6.45) is 0. The largest absolute Gasteiger partial charge is 0.395 e. The second kappa shape index (κ2) is 6.74. The summed E-state index contributed by atoms with van der Waals surface area (Å²) in [7, 11) is 0. The number of halogens is 2. The molecule has 0 aromatic heterocycles. The Morgan fingerprint density at radius 1 is 1.35 bits per heavy atom. The lowest BCUT2D eigenvalue weighted by atomic mass is 10.0. The van der Waals surface area contributed by atoms with Crippen LogP contribution in [0.2, 0.25) is 5.02 Å². The number of rotatable bonds is 5. The van der Waals surface area contributed by atoms with E-state index < -0.39 is 0 Å². The van der Waals surface area contributed by atoms with Crippen molar-refractivity contribution in [3.8, 4) is 0 Å². The predicted octanol–water partition coefficient (Wildman–Crippen LogP) is 3.77. The molecule has 0 spiro atoms. The van der Waals surface area contributed by atoms with E-state index in [9.17, 15) is 5.11 Å². The van der Waals surface area contributed by atoms with E-state index in [1.807, 2.05) is 18.2 Å². The summed E-state index contributed by atoms with van der Waals surface area (Å²) in [5.41, 5.74) is 1.05. The second-order valence-electron chi connectivity index (χ2n) is 4.59. The van der Waals surface area contributed by atoms with Crippen LogP contribution in [-0.2, 0) is 0 Å². The number of nitrogens with one attached hydrogen (secondary N) is 1.